The van der Waals surface area contributed by atoms with Gasteiger partial charge in [0, 0.05) is 6.42 Å². The summed E-state index contributed by atoms with van der Waals surface area (Å²) in [6, 6.07) is -0.843. The molecule has 442 valence electrons. The Labute approximate surface area is 462 Å². The van der Waals surface area contributed by atoms with E-state index in [1.165, 1.54) is 295 Å². The quantitative estimate of drug-likeness (QED) is 0.0243. The average molecular weight is 1070 g/mol. The summed E-state index contributed by atoms with van der Waals surface area (Å²) in [5.41, 5.74) is 0. The number of phosphoric ester groups is 1. The summed E-state index contributed by atoms with van der Waals surface area (Å²) >= 11 is 0. The summed E-state index contributed by atoms with van der Waals surface area (Å²) in [4.78, 5) is 23.4. The lowest BCUT2D eigenvalue weighted by molar-refractivity contribution is -0.870. The second kappa shape index (κ2) is 56.9. The van der Waals surface area contributed by atoms with Crippen molar-refractivity contribution < 1.29 is 32.9 Å². The molecular weight excluding hydrogens is 936 g/mol. The zero-order valence-corrected chi connectivity index (χ0v) is 51.5. The fraction of sp³-hybridized carbons (Fsp3) is 0.954. The van der Waals surface area contributed by atoms with Crippen LogP contribution >= 0.6 is 7.82 Å². The molecule has 1 amide bonds. The Morgan fingerprint density at radius 1 is 0.446 bits per heavy atom. The van der Waals surface area contributed by atoms with Crippen LogP contribution in [0.1, 0.15) is 348 Å². The number of likely N-dealkylation sites (N-methyl/N-ethyl adjacent to an activating group) is 1. The number of allylic oxidation sites excluding steroid dienone is 1. The van der Waals surface area contributed by atoms with Crippen molar-refractivity contribution in [3.05, 3.63) is 12.2 Å². The van der Waals surface area contributed by atoms with Gasteiger partial charge in [-0.25, -0.2) is 4.57 Å². The number of phosphoric acid groups is 1. The molecule has 0 bridgehead atoms. The Kier molecular flexibility index (Phi) is 56.4. The Balaban J connectivity index is 4.08. The first kappa shape index (κ1) is 73.2. The minimum atomic E-state index is -4.35. The summed E-state index contributed by atoms with van der Waals surface area (Å²) in [5, 5.41) is 14.0. The maximum atomic E-state index is 13.0. The summed E-state index contributed by atoms with van der Waals surface area (Å²) in [7, 11) is 1.59. The van der Waals surface area contributed by atoms with E-state index in [9.17, 15) is 19.4 Å². The van der Waals surface area contributed by atoms with Crippen molar-refractivity contribution >= 4 is 13.7 Å². The maximum absolute atomic E-state index is 13.0. The van der Waals surface area contributed by atoms with E-state index >= 15 is 0 Å². The molecule has 0 radical (unpaired) electrons. The maximum Gasteiger partial charge on any atom is 0.472 e. The second-order valence-corrected chi connectivity index (χ2v) is 25.7. The van der Waals surface area contributed by atoms with E-state index < -0.39 is 20.0 Å². The minimum absolute atomic E-state index is 0.0654. The van der Waals surface area contributed by atoms with E-state index in [2.05, 4.69) is 19.2 Å². The molecule has 0 aliphatic carbocycles. The van der Waals surface area contributed by atoms with E-state index in [-0.39, 0.29) is 19.1 Å². The zero-order valence-electron chi connectivity index (χ0n) is 50.6. The van der Waals surface area contributed by atoms with E-state index in [0.717, 1.165) is 32.1 Å². The van der Waals surface area contributed by atoms with Crippen LogP contribution in [-0.4, -0.2) is 73.4 Å². The van der Waals surface area contributed by atoms with Crippen LogP contribution in [0.25, 0.3) is 0 Å². The first-order valence-electron chi connectivity index (χ1n) is 33.1. The van der Waals surface area contributed by atoms with Gasteiger partial charge >= 0.3 is 7.82 Å². The lowest BCUT2D eigenvalue weighted by Gasteiger charge is -2.25. The highest BCUT2D eigenvalue weighted by Crippen LogP contribution is 2.43. The predicted octanol–water partition coefficient (Wildman–Crippen LogP) is 20.6. The van der Waals surface area contributed by atoms with Crippen LogP contribution in [0.3, 0.4) is 0 Å². The number of quaternary nitrogens is 1. The number of nitrogens with one attached hydrogen (secondary N) is 1. The molecule has 74 heavy (non-hydrogen) atoms. The van der Waals surface area contributed by atoms with Gasteiger partial charge < -0.3 is 19.8 Å². The van der Waals surface area contributed by atoms with Crippen molar-refractivity contribution in [2.75, 3.05) is 40.9 Å². The van der Waals surface area contributed by atoms with E-state index in [4.69, 9.17) is 9.05 Å². The monoisotopic (exact) mass is 1070 g/mol. The molecule has 0 rings (SSSR count). The number of carbonyl (C=O) groups excluding carboxylic acids is 1. The molecule has 0 saturated heterocycles. The van der Waals surface area contributed by atoms with Gasteiger partial charge in [-0.05, 0) is 19.3 Å². The Hall–Kier alpha value is -0.760. The number of aliphatic hydroxyl groups is 1. The van der Waals surface area contributed by atoms with Crippen molar-refractivity contribution in [2.45, 2.75) is 360 Å². The summed E-state index contributed by atoms with van der Waals surface area (Å²) in [6.07, 6.45) is 72.0. The highest BCUT2D eigenvalue weighted by Gasteiger charge is 2.28. The molecule has 0 aliphatic heterocycles. The number of hydrogen-bond acceptors (Lipinski definition) is 5. The topological polar surface area (TPSA) is 105 Å². The third-order valence-electron chi connectivity index (χ3n) is 15.5. The number of carbonyl (C=O) groups is 1. The van der Waals surface area contributed by atoms with Crippen LogP contribution < -0.4 is 5.32 Å². The van der Waals surface area contributed by atoms with Crippen molar-refractivity contribution in [1.82, 2.24) is 5.32 Å². The fourth-order valence-corrected chi connectivity index (χ4v) is 11.1. The largest absolute Gasteiger partial charge is 0.472 e. The number of unbranched alkanes of at least 4 members (excludes halogenated alkanes) is 49. The molecule has 0 aliphatic rings. The van der Waals surface area contributed by atoms with Crippen molar-refractivity contribution in [1.29, 1.82) is 0 Å². The number of aliphatic hydroxyl groups excluding tert-OH is 1. The number of rotatable bonds is 62. The molecule has 9 heteroatoms. The van der Waals surface area contributed by atoms with Crippen LogP contribution in [-0.2, 0) is 18.4 Å². The smallest absolute Gasteiger partial charge is 0.387 e. The van der Waals surface area contributed by atoms with Gasteiger partial charge in [0.2, 0.25) is 5.91 Å². The van der Waals surface area contributed by atoms with Crippen molar-refractivity contribution in [3.8, 4) is 0 Å². The van der Waals surface area contributed by atoms with Crippen molar-refractivity contribution in [3.63, 3.8) is 0 Å². The molecule has 0 fully saturated rings. The van der Waals surface area contributed by atoms with Crippen LogP contribution in [0.2, 0.25) is 0 Å². The molecule has 0 spiro atoms. The molecule has 0 heterocycles. The van der Waals surface area contributed by atoms with E-state index in [0.29, 0.717) is 17.4 Å². The number of nitrogens with zero attached hydrogens (tertiary/aromatic N) is 1. The van der Waals surface area contributed by atoms with Crippen LogP contribution in [0.5, 0.6) is 0 Å². The summed E-state index contributed by atoms with van der Waals surface area (Å²) in [6.45, 7) is 4.89. The lowest BCUT2D eigenvalue weighted by Crippen LogP contribution is -2.45. The Morgan fingerprint density at radius 2 is 0.716 bits per heavy atom. The van der Waals surface area contributed by atoms with Crippen LogP contribution in [0.15, 0.2) is 12.2 Å². The predicted molar refractivity (Wildman–Crippen MR) is 323 cm³/mol. The third-order valence-corrected chi connectivity index (χ3v) is 16.5. The SMILES string of the molecule is CCCCCCCCCCCCCCCCCCCCCCCCCCC/C=C/C(O)C(COP(=O)(O)OCC[N+](C)(C)C)NC(=O)CCCCCCCCCCCCCCCCCCCCCCCCCCC. The molecule has 0 saturated carbocycles. The van der Waals surface area contributed by atoms with Gasteiger partial charge in [0.05, 0.1) is 39.9 Å². The van der Waals surface area contributed by atoms with Gasteiger partial charge in [-0.3, -0.25) is 13.8 Å². The highest BCUT2D eigenvalue weighted by atomic mass is 31.2. The summed E-state index contributed by atoms with van der Waals surface area (Å²) in [5.74, 6) is -0.168. The average Bonchev–Trinajstić information content (AvgIpc) is 3.36. The lowest BCUT2D eigenvalue weighted by atomic mass is 10.0. The summed E-state index contributed by atoms with van der Waals surface area (Å²) < 4.78 is 23.8. The Morgan fingerprint density at radius 3 is 1.00 bits per heavy atom. The van der Waals surface area contributed by atoms with E-state index in [1.807, 2.05) is 27.2 Å². The molecule has 3 N–H and O–H groups in total. The first-order chi connectivity index (χ1) is 36.0. The molecule has 0 aromatic carbocycles. The number of hydrogen-bond donors (Lipinski definition) is 3. The third kappa shape index (κ3) is 58.9. The van der Waals surface area contributed by atoms with Crippen molar-refractivity contribution in [2.24, 2.45) is 0 Å². The molecule has 0 aromatic heterocycles. The zero-order chi connectivity index (χ0) is 54.2. The molecule has 8 nitrogen and oxygen atoms in total. The molecule has 3 unspecified atom stereocenters. The standard InChI is InChI=1S/C65H131N2O6P/c1-6-8-10-12-14-16-18-20-22-24-26-28-30-32-33-35-36-38-40-42-44-46-48-50-52-54-56-58-64(68)63(62-73-74(70,71)72-61-60-67(3,4)5)66-65(69)59-57-55-53-51-49-47-45-43-41-39-37-34-31-29-27-25-23-21-19-17-15-13-11-9-7-2/h56,58,63-64,68H,6-55,57,59-62H2,1-5H3,(H-,66,69,70,71)/p+1/b58-56+. The van der Waals surface area contributed by atoms with Gasteiger partial charge in [-0.1, -0.05) is 334 Å². The second-order valence-electron chi connectivity index (χ2n) is 24.2. The van der Waals surface area contributed by atoms with Gasteiger partial charge in [0.25, 0.3) is 0 Å². The number of amides is 1. The van der Waals surface area contributed by atoms with Gasteiger partial charge in [0.1, 0.15) is 13.2 Å². The van der Waals surface area contributed by atoms with Gasteiger partial charge in [-0.2, -0.15) is 0 Å². The Bertz CT molecular complexity index is 1210. The van der Waals surface area contributed by atoms with E-state index in [1.54, 1.807) is 6.08 Å². The highest BCUT2D eigenvalue weighted by molar-refractivity contribution is 7.47. The van der Waals surface area contributed by atoms with Gasteiger partial charge in [-0.15, -0.1) is 0 Å². The van der Waals surface area contributed by atoms with Crippen LogP contribution in [0, 0.1) is 0 Å². The fourth-order valence-electron chi connectivity index (χ4n) is 10.3. The first-order valence-corrected chi connectivity index (χ1v) is 34.6. The van der Waals surface area contributed by atoms with Gasteiger partial charge in [0.15, 0.2) is 0 Å². The normalized spacial score (nSPS) is 13.8. The molecular formula is C65H132N2O6P+. The van der Waals surface area contributed by atoms with Crippen LogP contribution in [0.4, 0.5) is 0 Å². The molecule has 3 atom stereocenters. The minimum Gasteiger partial charge on any atom is -0.387 e. The molecule has 0 aromatic rings.